The van der Waals surface area contributed by atoms with Gasteiger partial charge in [0, 0.05) is 40.7 Å². The molecule has 0 fully saturated rings. The average Bonchev–Trinajstić information content (AvgIpc) is 3.78. The number of aryl methyl sites for hydroxylation is 4. The Morgan fingerprint density at radius 2 is 1.19 bits per heavy atom. The fourth-order valence-corrected chi connectivity index (χ4v) is 5.12. The zero-order chi connectivity index (χ0) is 39.5. The smallest absolute Gasteiger partial charge is 0.423 e. The van der Waals surface area contributed by atoms with E-state index in [-0.39, 0.29) is 21.1 Å². The number of rotatable bonds is 8. The maximum Gasteiger partial charge on any atom is 0.491 e. The van der Waals surface area contributed by atoms with E-state index < -0.39 is 30.6 Å². The number of halogens is 3. The van der Waals surface area contributed by atoms with Crippen molar-refractivity contribution in [3.8, 4) is 22.8 Å². The Bertz CT molecular complexity index is 2310. The standard InChI is InChI=1S/C18H16FN5O.C13H13BrN4O.C5H5BFNO2/c1-11-5-12(2)7-13(6-11)18-22-10-24(23-18)9-15(17(20)25)14-3-4-21-8-16(14)19;1-8-3-9(2)5-10(4-8)13-16-7-18(17-13)6-11(14)12(15)19;7-5-3-8-2-1-4(5)6(9)10/h3-10H,1-2H3,(H2,20,25);3-7H,1-2H3,(H2,15,19);1-3,9-10H/b15-9+;11-6-;. The summed E-state index contributed by atoms with van der Waals surface area (Å²) in [5, 5.41) is 25.6. The van der Waals surface area contributed by atoms with Gasteiger partial charge in [0.25, 0.3) is 11.8 Å². The monoisotopic (exact) mass is 798 g/mol. The van der Waals surface area contributed by atoms with E-state index in [9.17, 15) is 18.4 Å². The molecule has 0 saturated heterocycles. The van der Waals surface area contributed by atoms with Crippen LogP contribution in [0.5, 0.6) is 0 Å². The van der Waals surface area contributed by atoms with E-state index in [2.05, 4.69) is 58.2 Å². The molecule has 6 N–H and O–H groups in total. The first-order valence-electron chi connectivity index (χ1n) is 15.8. The van der Waals surface area contributed by atoms with E-state index in [1.165, 1.54) is 58.9 Å². The average molecular weight is 799 g/mol. The number of amides is 2. The van der Waals surface area contributed by atoms with Crippen molar-refractivity contribution in [3.05, 3.63) is 130 Å². The molecule has 2 aromatic carbocycles. The fourth-order valence-electron chi connectivity index (χ4n) is 4.91. The van der Waals surface area contributed by atoms with Gasteiger partial charge in [0.15, 0.2) is 11.6 Å². The van der Waals surface area contributed by atoms with E-state index >= 15 is 0 Å². The molecule has 0 spiro atoms. The van der Waals surface area contributed by atoms with Crippen molar-refractivity contribution < 1.29 is 28.4 Å². The van der Waals surface area contributed by atoms with E-state index in [0.29, 0.717) is 11.6 Å². The van der Waals surface area contributed by atoms with Crippen LogP contribution in [0.3, 0.4) is 0 Å². The molecule has 54 heavy (non-hydrogen) atoms. The second-order valence-electron chi connectivity index (χ2n) is 11.7. The Hall–Kier alpha value is -6.24. The zero-order valence-electron chi connectivity index (χ0n) is 29.4. The lowest BCUT2D eigenvalue weighted by Crippen LogP contribution is -2.32. The molecule has 0 aliphatic carbocycles. The number of hydrogen-bond acceptors (Lipinski definition) is 10. The highest BCUT2D eigenvalue weighted by molar-refractivity contribution is 9.12. The summed E-state index contributed by atoms with van der Waals surface area (Å²) in [4.78, 5) is 38.2. The number of nitrogens with two attached hydrogens (primary N) is 2. The highest BCUT2D eigenvalue weighted by Crippen LogP contribution is 2.21. The van der Waals surface area contributed by atoms with E-state index in [0.717, 1.165) is 45.8 Å². The Kier molecular flexibility index (Phi) is 13.9. The van der Waals surface area contributed by atoms with Gasteiger partial charge in [0.2, 0.25) is 0 Å². The van der Waals surface area contributed by atoms with Crippen LogP contribution in [0.25, 0.3) is 40.7 Å². The lowest BCUT2D eigenvalue weighted by atomic mass is 9.81. The fraction of sp³-hybridized carbons (Fsp3) is 0.111. The molecule has 2 amide bonds. The number of aromatic nitrogens is 8. The Morgan fingerprint density at radius 3 is 1.59 bits per heavy atom. The van der Waals surface area contributed by atoms with E-state index in [4.69, 9.17) is 21.5 Å². The molecule has 0 unspecified atom stereocenters. The first-order chi connectivity index (χ1) is 25.6. The van der Waals surface area contributed by atoms with Crippen molar-refractivity contribution in [1.29, 1.82) is 0 Å². The van der Waals surface area contributed by atoms with Crippen LogP contribution in [-0.2, 0) is 9.59 Å². The molecule has 0 atom stereocenters. The summed E-state index contributed by atoms with van der Waals surface area (Å²) in [7, 11) is -1.76. The summed E-state index contributed by atoms with van der Waals surface area (Å²) in [5.74, 6) is -1.56. The number of carbonyl (C=O) groups excluding carboxylic acids is 2. The largest absolute Gasteiger partial charge is 0.491 e. The molecule has 0 bridgehead atoms. The van der Waals surface area contributed by atoms with Gasteiger partial charge in [-0.05, 0) is 80.0 Å². The lowest BCUT2D eigenvalue weighted by Gasteiger charge is -2.04. The highest BCUT2D eigenvalue weighted by Gasteiger charge is 2.16. The number of pyridine rings is 2. The van der Waals surface area contributed by atoms with Gasteiger partial charge in [-0.1, -0.05) is 34.4 Å². The van der Waals surface area contributed by atoms with Crippen LogP contribution >= 0.6 is 15.9 Å². The van der Waals surface area contributed by atoms with Gasteiger partial charge in [-0.3, -0.25) is 19.6 Å². The van der Waals surface area contributed by atoms with Crippen molar-refractivity contribution in [3.63, 3.8) is 0 Å². The summed E-state index contributed by atoms with van der Waals surface area (Å²) in [5.41, 5.74) is 16.7. The van der Waals surface area contributed by atoms with Gasteiger partial charge >= 0.3 is 7.12 Å². The van der Waals surface area contributed by atoms with Gasteiger partial charge in [-0.25, -0.2) is 28.1 Å². The molecule has 4 aromatic heterocycles. The summed E-state index contributed by atoms with van der Waals surface area (Å²) in [6.07, 6.45) is 10.4. The van der Waals surface area contributed by atoms with Gasteiger partial charge in [0.05, 0.1) is 24.2 Å². The minimum atomic E-state index is -1.76. The van der Waals surface area contributed by atoms with Crippen molar-refractivity contribution in [2.24, 2.45) is 11.5 Å². The van der Waals surface area contributed by atoms with Crippen LogP contribution in [0.4, 0.5) is 8.78 Å². The van der Waals surface area contributed by atoms with Crippen molar-refractivity contribution in [2.75, 3.05) is 0 Å². The number of hydrogen-bond donors (Lipinski definition) is 4. The van der Waals surface area contributed by atoms with Gasteiger partial charge in [-0.15, -0.1) is 10.2 Å². The van der Waals surface area contributed by atoms with Crippen LogP contribution in [-0.4, -0.2) is 68.5 Å². The molecule has 0 saturated carbocycles. The lowest BCUT2D eigenvalue weighted by molar-refractivity contribution is -0.114. The molecule has 4 heterocycles. The van der Waals surface area contributed by atoms with Gasteiger partial charge in [-0.2, -0.15) is 0 Å². The number of primary amides is 2. The van der Waals surface area contributed by atoms with Crippen molar-refractivity contribution >= 4 is 58.3 Å². The number of benzene rings is 2. The predicted octanol–water partition coefficient (Wildman–Crippen LogP) is 3.72. The van der Waals surface area contributed by atoms with Crippen molar-refractivity contribution in [1.82, 2.24) is 39.5 Å². The van der Waals surface area contributed by atoms with E-state index in [1.54, 1.807) is 0 Å². The van der Waals surface area contributed by atoms with Crippen LogP contribution in [0.2, 0.25) is 0 Å². The molecule has 276 valence electrons. The predicted molar refractivity (Wildman–Crippen MR) is 204 cm³/mol. The summed E-state index contributed by atoms with van der Waals surface area (Å²) in [6.45, 7) is 8.03. The van der Waals surface area contributed by atoms with Crippen LogP contribution in [0, 0.1) is 39.3 Å². The first kappa shape index (κ1) is 40.5. The molecular formula is C36H34BBrF2N10O4. The second kappa shape index (κ2) is 18.5. The van der Waals surface area contributed by atoms with Gasteiger partial charge in [0.1, 0.15) is 28.8 Å². The van der Waals surface area contributed by atoms with Crippen molar-refractivity contribution in [2.45, 2.75) is 27.7 Å². The van der Waals surface area contributed by atoms with Crippen LogP contribution in [0.15, 0.2) is 90.5 Å². The summed E-state index contributed by atoms with van der Waals surface area (Å²) < 4.78 is 29.4. The van der Waals surface area contributed by atoms with E-state index in [1.807, 2.05) is 52.0 Å². The van der Waals surface area contributed by atoms with Gasteiger partial charge < -0.3 is 21.5 Å². The molecule has 0 aliphatic heterocycles. The third-order valence-corrected chi connectivity index (χ3v) is 7.72. The molecule has 0 aliphatic rings. The minimum Gasteiger partial charge on any atom is -0.423 e. The Labute approximate surface area is 317 Å². The zero-order valence-corrected chi connectivity index (χ0v) is 31.0. The van der Waals surface area contributed by atoms with Crippen LogP contribution in [0.1, 0.15) is 27.8 Å². The summed E-state index contributed by atoms with van der Waals surface area (Å²) in [6, 6.07) is 14.7. The molecule has 6 aromatic rings. The number of carbonyl (C=O) groups is 2. The topological polar surface area (TPSA) is 214 Å². The maximum absolute atomic E-state index is 13.9. The quantitative estimate of drug-likeness (QED) is 0.129. The normalized spacial score (nSPS) is 11.2. The molecule has 18 heteroatoms. The van der Waals surface area contributed by atoms with Crippen LogP contribution < -0.4 is 16.9 Å². The Morgan fingerprint density at radius 1 is 0.722 bits per heavy atom. The SMILES string of the molecule is Cc1cc(C)cc(-c2ncn(/C=C(/C(N)=O)c3ccncc3F)n2)c1.Cc1cc(C)cc(-c2ncn(/C=C(\Br)C(N)=O)n2)c1.OB(O)c1ccncc1F. The molecular weight excluding hydrogens is 765 g/mol. The highest BCUT2D eigenvalue weighted by atomic mass is 79.9. The minimum absolute atomic E-state index is 0.0169. The maximum atomic E-state index is 13.9. The number of nitrogens with zero attached hydrogens (tertiary/aromatic N) is 8. The molecule has 6 rings (SSSR count). The third kappa shape index (κ3) is 11.4. The first-order valence-corrected chi connectivity index (χ1v) is 16.6. The third-order valence-electron chi connectivity index (χ3n) is 7.13. The summed E-state index contributed by atoms with van der Waals surface area (Å²) >= 11 is 3.07. The molecule has 0 radical (unpaired) electrons. The molecule has 14 nitrogen and oxygen atoms in total. The Balaban J connectivity index is 0.000000197. The second-order valence-corrected chi connectivity index (χ2v) is 12.6.